The number of carbonyl (C=O) groups is 1. The summed E-state index contributed by atoms with van der Waals surface area (Å²) in [6.07, 6.45) is 1.04. The molecule has 1 heterocycles. The first-order chi connectivity index (χ1) is 18.9. The van der Waals surface area contributed by atoms with Crippen LogP contribution in [0.4, 0.5) is 10.5 Å². The van der Waals surface area contributed by atoms with Crippen LogP contribution >= 0.6 is 23.2 Å². The number of fused-ring (bicyclic) bond motifs is 1. The molecule has 0 aliphatic carbocycles. The van der Waals surface area contributed by atoms with E-state index in [1.807, 2.05) is 57.2 Å². The molecule has 9 heteroatoms. The Kier molecular flexibility index (Phi) is 9.49. The maximum atomic E-state index is 13.8. The molecule has 4 aromatic rings. The number of halogens is 2. The Morgan fingerprint density at radius 1 is 1.05 bits per heavy atom. The van der Waals surface area contributed by atoms with Gasteiger partial charge in [0.05, 0.1) is 23.6 Å². The number of benzene rings is 3. The van der Waals surface area contributed by atoms with Gasteiger partial charge in [0.2, 0.25) is 0 Å². The Balaban J connectivity index is 1.72. The largest absolute Gasteiger partial charge is 0.494 e. The number of hydrogen-bond donors (Lipinski definition) is 1. The van der Waals surface area contributed by atoms with Crippen molar-refractivity contribution < 1.29 is 9.53 Å². The number of aromatic nitrogens is 2. The zero-order valence-electron chi connectivity index (χ0n) is 22.3. The van der Waals surface area contributed by atoms with Crippen LogP contribution in [-0.4, -0.2) is 33.6 Å². The zero-order valence-corrected chi connectivity index (χ0v) is 23.8. The summed E-state index contributed by atoms with van der Waals surface area (Å²) in [7, 11) is 0. The highest BCUT2D eigenvalue weighted by molar-refractivity contribution is 6.35. The molecule has 0 aliphatic rings. The lowest BCUT2D eigenvalue weighted by Gasteiger charge is -2.32. The van der Waals surface area contributed by atoms with Gasteiger partial charge in [0.15, 0.2) is 0 Å². The number of nitrogens with one attached hydrogen (secondary N) is 1. The summed E-state index contributed by atoms with van der Waals surface area (Å²) in [6.45, 7) is 7.14. The molecule has 39 heavy (non-hydrogen) atoms. The Morgan fingerprint density at radius 2 is 1.79 bits per heavy atom. The molecule has 1 N–H and O–H groups in total. The van der Waals surface area contributed by atoms with Crippen LogP contribution in [0.2, 0.25) is 10.0 Å². The van der Waals surface area contributed by atoms with Crippen LogP contribution in [0.5, 0.6) is 5.75 Å². The molecule has 0 saturated carbocycles. The number of nitrogens with zero attached hydrogens (tertiary/aromatic N) is 3. The number of para-hydroxylation sites is 1. The van der Waals surface area contributed by atoms with Gasteiger partial charge in [0.25, 0.3) is 5.56 Å². The fourth-order valence-corrected chi connectivity index (χ4v) is 5.15. The lowest BCUT2D eigenvalue weighted by Crippen LogP contribution is -2.42. The molecule has 7 nitrogen and oxygen atoms in total. The van der Waals surface area contributed by atoms with Crippen molar-refractivity contribution in [2.24, 2.45) is 0 Å². The van der Waals surface area contributed by atoms with Gasteiger partial charge in [0, 0.05) is 28.8 Å². The summed E-state index contributed by atoms with van der Waals surface area (Å²) < 4.78 is 7.18. The lowest BCUT2D eigenvalue weighted by molar-refractivity contribution is 0.181. The second-order valence-electron chi connectivity index (χ2n) is 9.03. The number of anilines is 1. The zero-order chi connectivity index (χ0) is 27.9. The summed E-state index contributed by atoms with van der Waals surface area (Å²) in [5.74, 6) is 1.27. The van der Waals surface area contributed by atoms with Crippen molar-refractivity contribution in [1.29, 1.82) is 0 Å². The molecule has 1 aromatic heterocycles. The molecule has 1 atom stereocenters. The molecule has 0 saturated heterocycles. The predicted molar refractivity (Wildman–Crippen MR) is 158 cm³/mol. The summed E-state index contributed by atoms with van der Waals surface area (Å²) >= 11 is 12.5. The van der Waals surface area contributed by atoms with E-state index in [0.717, 1.165) is 11.3 Å². The van der Waals surface area contributed by atoms with Gasteiger partial charge in [-0.1, -0.05) is 48.3 Å². The summed E-state index contributed by atoms with van der Waals surface area (Å²) in [5, 5.41) is 4.65. The predicted octanol–water partition coefficient (Wildman–Crippen LogP) is 7.35. The number of rotatable bonds is 10. The molecule has 0 bridgehead atoms. The molecule has 204 valence electrons. The fraction of sp³-hybridized carbons (Fsp3) is 0.300. The minimum atomic E-state index is -0.462. The Labute approximate surface area is 238 Å². The first-order valence-corrected chi connectivity index (χ1v) is 13.9. The number of carbonyl (C=O) groups excluding carboxylic acids is 1. The molecule has 1 unspecified atom stereocenters. The summed E-state index contributed by atoms with van der Waals surface area (Å²) in [4.78, 5) is 33.8. The molecule has 0 fully saturated rings. The maximum Gasteiger partial charge on any atom is 0.322 e. The third kappa shape index (κ3) is 6.54. The van der Waals surface area contributed by atoms with E-state index in [0.29, 0.717) is 65.0 Å². The smallest absolute Gasteiger partial charge is 0.322 e. The van der Waals surface area contributed by atoms with E-state index in [9.17, 15) is 9.59 Å². The van der Waals surface area contributed by atoms with Crippen molar-refractivity contribution in [3.8, 4) is 5.75 Å². The van der Waals surface area contributed by atoms with Crippen molar-refractivity contribution in [2.75, 3.05) is 18.5 Å². The molecular formula is C30H32Cl2N4O3. The number of ether oxygens (including phenoxy) is 1. The minimum Gasteiger partial charge on any atom is -0.494 e. The van der Waals surface area contributed by atoms with E-state index >= 15 is 0 Å². The highest BCUT2D eigenvalue weighted by atomic mass is 35.5. The number of amides is 2. The molecule has 0 spiro atoms. The van der Waals surface area contributed by atoms with Gasteiger partial charge in [-0.3, -0.25) is 9.36 Å². The molecule has 3 aromatic carbocycles. The Morgan fingerprint density at radius 3 is 2.46 bits per heavy atom. The van der Waals surface area contributed by atoms with E-state index in [4.69, 9.17) is 32.9 Å². The molecular weight excluding hydrogens is 535 g/mol. The van der Waals surface area contributed by atoms with Gasteiger partial charge < -0.3 is 15.0 Å². The monoisotopic (exact) mass is 566 g/mol. The van der Waals surface area contributed by atoms with E-state index < -0.39 is 6.04 Å². The van der Waals surface area contributed by atoms with Crippen molar-refractivity contribution in [3.63, 3.8) is 0 Å². The quantitative estimate of drug-likeness (QED) is 0.217. The van der Waals surface area contributed by atoms with E-state index in [1.165, 1.54) is 0 Å². The van der Waals surface area contributed by atoms with E-state index in [-0.39, 0.29) is 11.6 Å². The van der Waals surface area contributed by atoms with Gasteiger partial charge in [-0.05, 0) is 80.8 Å². The first-order valence-electron chi connectivity index (χ1n) is 13.1. The van der Waals surface area contributed by atoms with Crippen molar-refractivity contribution >= 4 is 45.8 Å². The second-order valence-corrected chi connectivity index (χ2v) is 9.87. The van der Waals surface area contributed by atoms with Crippen molar-refractivity contribution in [2.45, 2.75) is 46.2 Å². The SMILES string of the molecule is CCOc1ccc(NC(=O)N(CCc2ccc(Cl)cc2Cl)C(CC)c2nc3ccccc3c(=O)n2CC)cc1. The summed E-state index contributed by atoms with van der Waals surface area (Å²) in [5.41, 5.74) is 1.98. The van der Waals surface area contributed by atoms with Crippen LogP contribution in [-0.2, 0) is 13.0 Å². The van der Waals surface area contributed by atoms with Gasteiger partial charge >= 0.3 is 6.03 Å². The van der Waals surface area contributed by atoms with Crippen molar-refractivity contribution in [1.82, 2.24) is 14.5 Å². The van der Waals surface area contributed by atoms with Crippen LogP contribution in [0, 0.1) is 0 Å². The highest BCUT2D eigenvalue weighted by Crippen LogP contribution is 2.27. The average Bonchev–Trinajstić information content (AvgIpc) is 2.93. The van der Waals surface area contributed by atoms with Gasteiger partial charge in [-0.2, -0.15) is 0 Å². The third-order valence-corrected chi connectivity index (χ3v) is 7.17. The average molecular weight is 568 g/mol. The maximum absolute atomic E-state index is 13.8. The van der Waals surface area contributed by atoms with Crippen LogP contribution in [0.1, 0.15) is 44.6 Å². The first kappa shape index (κ1) is 28.5. The minimum absolute atomic E-state index is 0.121. The van der Waals surface area contributed by atoms with Crippen LogP contribution < -0.4 is 15.6 Å². The molecule has 0 radical (unpaired) electrons. The van der Waals surface area contributed by atoms with E-state index in [1.54, 1.807) is 39.8 Å². The molecule has 4 rings (SSSR count). The Hall–Kier alpha value is -3.55. The highest BCUT2D eigenvalue weighted by Gasteiger charge is 2.28. The standard InChI is InChI=1S/C30H32Cl2N4O3/c1-4-27(28-34-26-10-8-7-9-24(26)29(37)35(28)5-2)36(18-17-20-11-12-21(31)19-25(20)32)30(38)33-22-13-15-23(16-14-22)39-6-3/h7-16,19,27H,4-6,17-18H2,1-3H3,(H,33,38). The Bertz CT molecular complexity index is 1500. The normalized spacial score (nSPS) is 11.8. The van der Waals surface area contributed by atoms with Crippen LogP contribution in [0.3, 0.4) is 0 Å². The van der Waals surface area contributed by atoms with Crippen LogP contribution in [0.25, 0.3) is 10.9 Å². The fourth-order valence-electron chi connectivity index (χ4n) is 4.65. The number of hydrogen-bond acceptors (Lipinski definition) is 4. The second kappa shape index (κ2) is 13.0. The van der Waals surface area contributed by atoms with Gasteiger partial charge in [-0.25, -0.2) is 9.78 Å². The van der Waals surface area contributed by atoms with Crippen molar-refractivity contribution in [3.05, 3.63) is 98.5 Å². The molecule has 0 aliphatic heterocycles. The number of urea groups is 1. The van der Waals surface area contributed by atoms with Crippen LogP contribution in [0.15, 0.2) is 71.5 Å². The summed E-state index contributed by atoms with van der Waals surface area (Å²) in [6, 6.07) is 19.1. The topological polar surface area (TPSA) is 76.5 Å². The molecule has 2 amide bonds. The lowest BCUT2D eigenvalue weighted by atomic mass is 10.1. The van der Waals surface area contributed by atoms with Gasteiger partial charge in [-0.15, -0.1) is 0 Å². The van der Waals surface area contributed by atoms with Gasteiger partial charge in [0.1, 0.15) is 11.6 Å². The van der Waals surface area contributed by atoms with E-state index in [2.05, 4.69) is 5.32 Å². The third-order valence-electron chi connectivity index (χ3n) is 6.58.